The Bertz CT molecular complexity index is 687. The van der Waals surface area contributed by atoms with Gasteiger partial charge >= 0.3 is 0 Å². The summed E-state index contributed by atoms with van der Waals surface area (Å²) in [4.78, 5) is 3.98. The predicted molar refractivity (Wildman–Crippen MR) is 86.4 cm³/mol. The minimum atomic E-state index is -3.73. The van der Waals surface area contributed by atoms with E-state index in [1.807, 2.05) is 6.07 Å². The van der Waals surface area contributed by atoms with E-state index in [-0.39, 0.29) is 9.92 Å². The van der Waals surface area contributed by atoms with Crippen LogP contribution in [-0.2, 0) is 16.6 Å². The van der Waals surface area contributed by atoms with Gasteiger partial charge in [0.2, 0.25) is 0 Å². The zero-order valence-corrected chi connectivity index (χ0v) is 13.9. The Morgan fingerprint density at radius 1 is 1.38 bits per heavy atom. The zero-order chi connectivity index (χ0) is 15.3. The molecule has 0 unspecified atom stereocenters. The van der Waals surface area contributed by atoms with Gasteiger partial charge in [0.15, 0.2) is 5.13 Å². The molecular formula is C13H16ClN3O2S2. The quantitative estimate of drug-likeness (QED) is 0.756. The van der Waals surface area contributed by atoms with Crippen molar-refractivity contribution in [1.29, 1.82) is 0 Å². The summed E-state index contributed by atoms with van der Waals surface area (Å²) in [6, 6.07) is 5.00. The normalized spacial score (nSPS) is 11.5. The maximum Gasteiger partial charge on any atom is 0.265 e. The fourth-order valence-corrected chi connectivity index (χ4v) is 4.06. The van der Waals surface area contributed by atoms with Crippen molar-refractivity contribution < 1.29 is 8.42 Å². The van der Waals surface area contributed by atoms with Crippen molar-refractivity contribution in [3.05, 3.63) is 40.4 Å². The van der Waals surface area contributed by atoms with Gasteiger partial charge in [0.25, 0.3) is 10.0 Å². The van der Waals surface area contributed by atoms with E-state index in [1.165, 1.54) is 17.5 Å². The smallest absolute Gasteiger partial charge is 0.265 e. The highest BCUT2D eigenvalue weighted by atomic mass is 35.5. The lowest BCUT2D eigenvalue weighted by Crippen LogP contribution is -2.16. The Balaban J connectivity index is 2.22. The molecule has 21 heavy (non-hydrogen) atoms. The molecule has 0 aliphatic rings. The second-order valence-electron chi connectivity index (χ2n) is 4.38. The Kier molecular flexibility index (Phi) is 5.58. The molecule has 0 fully saturated rings. The molecule has 1 heterocycles. The monoisotopic (exact) mass is 345 g/mol. The zero-order valence-electron chi connectivity index (χ0n) is 11.5. The van der Waals surface area contributed by atoms with E-state index in [2.05, 4.69) is 21.9 Å². The van der Waals surface area contributed by atoms with Crippen LogP contribution in [0.1, 0.15) is 18.9 Å². The highest BCUT2D eigenvalue weighted by molar-refractivity contribution is 7.93. The Hall–Kier alpha value is -1.15. The van der Waals surface area contributed by atoms with Crippen LogP contribution in [0, 0.1) is 0 Å². The van der Waals surface area contributed by atoms with Gasteiger partial charge in [0.05, 0.1) is 5.02 Å². The highest BCUT2D eigenvalue weighted by Crippen LogP contribution is 2.25. The van der Waals surface area contributed by atoms with Crippen LogP contribution in [0.5, 0.6) is 0 Å². The molecule has 0 saturated heterocycles. The summed E-state index contributed by atoms with van der Waals surface area (Å²) < 4.78 is 27.1. The van der Waals surface area contributed by atoms with Crippen molar-refractivity contribution in [1.82, 2.24) is 10.3 Å². The van der Waals surface area contributed by atoms with Crippen molar-refractivity contribution in [2.24, 2.45) is 0 Å². The van der Waals surface area contributed by atoms with Crippen molar-refractivity contribution in [2.45, 2.75) is 24.8 Å². The molecule has 0 radical (unpaired) electrons. The molecule has 0 saturated carbocycles. The summed E-state index contributed by atoms with van der Waals surface area (Å²) in [7, 11) is -3.73. The molecule has 1 aromatic heterocycles. The Morgan fingerprint density at radius 2 is 2.19 bits per heavy atom. The summed E-state index contributed by atoms with van der Waals surface area (Å²) in [5.74, 6) is 0. The lowest BCUT2D eigenvalue weighted by Gasteiger charge is -2.10. The number of aromatic nitrogens is 1. The van der Waals surface area contributed by atoms with Crippen molar-refractivity contribution in [3.8, 4) is 0 Å². The van der Waals surface area contributed by atoms with E-state index in [1.54, 1.807) is 17.5 Å². The minimum absolute atomic E-state index is 0.0650. The maximum atomic E-state index is 12.4. The molecule has 0 aliphatic heterocycles. The summed E-state index contributed by atoms with van der Waals surface area (Å²) in [6.07, 6.45) is 2.56. The Labute approximate surface area is 133 Å². The lowest BCUT2D eigenvalue weighted by molar-refractivity contribution is 0.601. The van der Waals surface area contributed by atoms with Gasteiger partial charge in [-0.2, -0.15) is 0 Å². The van der Waals surface area contributed by atoms with Crippen LogP contribution >= 0.6 is 22.9 Å². The average molecular weight is 346 g/mol. The number of nitrogens with one attached hydrogen (secondary N) is 2. The van der Waals surface area contributed by atoms with Crippen LogP contribution in [0.25, 0.3) is 0 Å². The molecule has 0 amide bonds. The minimum Gasteiger partial charge on any atom is -0.313 e. The fraction of sp³-hybridized carbons (Fsp3) is 0.308. The number of rotatable bonds is 7. The third kappa shape index (κ3) is 4.41. The molecule has 114 valence electrons. The topological polar surface area (TPSA) is 71.1 Å². The van der Waals surface area contributed by atoms with E-state index >= 15 is 0 Å². The van der Waals surface area contributed by atoms with Gasteiger partial charge in [0, 0.05) is 18.1 Å². The van der Waals surface area contributed by atoms with Crippen LogP contribution in [0.15, 0.2) is 34.7 Å². The van der Waals surface area contributed by atoms with E-state index in [9.17, 15) is 8.42 Å². The maximum absolute atomic E-state index is 12.4. The number of halogens is 1. The first-order valence-corrected chi connectivity index (χ1v) is 9.18. The van der Waals surface area contributed by atoms with E-state index in [0.29, 0.717) is 11.7 Å². The van der Waals surface area contributed by atoms with Gasteiger partial charge in [-0.15, -0.1) is 11.3 Å². The molecule has 2 aromatic rings. The number of sulfonamides is 1. The number of benzene rings is 1. The molecule has 5 nitrogen and oxygen atoms in total. The number of hydrogen-bond acceptors (Lipinski definition) is 5. The second-order valence-corrected chi connectivity index (χ2v) is 7.34. The van der Waals surface area contributed by atoms with Gasteiger partial charge in [-0.05, 0) is 30.7 Å². The van der Waals surface area contributed by atoms with Gasteiger partial charge in [-0.3, -0.25) is 4.72 Å². The van der Waals surface area contributed by atoms with Crippen LogP contribution in [0.3, 0.4) is 0 Å². The van der Waals surface area contributed by atoms with Crippen LogP contribution in [0.2, 0.25) is 5.02 Å². The van der Waals surface area contributed by atoms with Crippen molar-refractivity contribution in [2.75, 3.05) is 11.3 Å². The highest BCUT2D eigenvalue weighted by Gasteiger charge is 2.19. The SMILES string of the molecule is CCCNCc1ccc(Cl)c(S(=O)(=O)Nc2nccs2)c1. The van der Waals surface area contributed by atoms with Gasteiger partial charge in [-0.1, -0.05) is 24.6 Å². The first-order chi connectivity index (χ1) is 10.0. The number of hydrogen-bond donors (Lipinski definition) is 2. The third-order valence-electron chi connectivity index (χ3n) is 2.70. The summed E-state index contributed by atoms with van der Waals surface area (Å²) in [6.45, 7) is 3.55. The molecule has 2 N–H and O–H groups in total. The molecule has 8 heteroatoms. The molecule has 0 aliphatic carbocycles. The molecule has 0 atom stereocenters. The van der Waals surface area contributed by atoms with Gasteiger partial charge < -0.3 is 5.32 Å². The molecule has 0 bridgehead atoms. The first-order valence-electron chi connectivity index (χ1n) is 6.44. The Morgan fingerprint density at radius 3 is 2.86 bits per heavy atom. The van der Waals surface area contributed by atoms with E-state index in [4.69, 9.17) is 11.6 Å². The molecule has 2 rings (SSSR count). The van der Waals surface area contributed by atoms with Crippen molar-refractivity contribution in [3.63, 3.8) is 0 Å². The lowest BCUT2D eigenvalue weighted by atomic mass is 10.2. The third-order valence-corrected chi connectivity index (χ3v) is 5.33. The molecule has 1 aromatic carbocycles. The largest absolute Gasteiger partial charge is 0.313 e. The second kappa shape index (κ2) is 7.22. The first kappa shape index (κ1) is 16.2. The van der Waals surface area contributed by atoms with Crippen LogP contribution in [-0.4, -0.2) is 19.9 Å². The standard InChI is InChI=1S/C13H16ClN3O2S2/c1-2-5-15-9-10-3-4-11(14)12(8-10)21(18,19)17-13-16-6-7-20-13/h3-4,6-8,15H,2,5,9H2,1H3,(H,16,17). The summed E-state index contributed by atoms with van der Waals surface area (Å²) in [5.41, 5.74) is 0.868. The number of nitrogens with zero attached hydrogens (tertiary/aromatic N) is 1. The van der Waals surface area contributed by atoms with Crippen LogP contribution < -0.4 is 10.0 Å². The van der Waals surface area contributed by atoms with E-state index < -0.39 is 10.0 Å². The van der Waals surface area contributed by atoms with Crippen LogP contribution in [0.4, 0.5) is 5.13 Å². The summed E-state index contributed by atoms with van der Waals surface area (Å²) >= 11 is 7.24. The number of thiazole rings is 1. The average Bonchev–Trinajstić information content (AvgIpc) is 2.93. The summed E-state index contributed by atoms with van der Waals surface area (Å²) in [5, 5.41) is 5.44. The predicted octanol–water partition coefficient (Wildman–Crippen LogP) is 3.10. The number of anilines is 1. The van der Waals surface area contributed by atoms with Gasteiger partial charge in [0.1, 0.15) is 4.90 Å². The van der Waals surface area contributed by atoms with Crippen molar-refractivity contribution >= 4 is 38.1 Å². The molecular weight excluding hydrogens is 330 g/mol. The fourth-order valence-electron chi connectivity index (χ4n) is 1.72. The van der Waals surface area contributed by atoms with Gasteiger partial charge in [-0.25, -0.2) is 13.4 Å². The molecule has 0 spiro atoms. The van der Waals surface area contributed by atoms with E-state index in [0.717, 1.165) is 18.5 Å².